The van der Waals surface area contributed by atoms with Gasteiger partial charge in [0.2, 0.25) is 0 Å². The summed E-state index contributed by atoms with van der Waals surface area (Å²) in [6.07, 6.45) is 71.7. The second-order valence-electron chi connectivity index (χ2n) is 23.1. The van der Waals surface area contributed by atoms with Crippen LogP contribution in [0.25, 0.3) is 0 Å². The van der Waals surface area contributed by atoms with Crippen molar-refractivity contribution in [1.82, 2.24) is 0 Å². The Bertz CT molecular complexity index is 1570. The summed E-state index contributed by atoms with van der Waals surface area (Å²) in [5.74, 6) is -8.68. The molecule has 0 amide bonds. The first-order valence-electron chi connectivity index (χ1n) is 35.2. The van der Waals surface area contributed by atoms with E-state index in [0.717, 1.165) is 77.0 Å². The molecule has 0 aromatic rings. The first kappa shape index (κ1) is 93.6. The van der Waals surface area contributed by atoms with E-state index in [1.165, 1.54) is 208 Å². The van der Waals surface area contributed by atoms with Crippen LogP contribution in [0.15, 0.2) is 71.4 Å². The van der Waals surface area contributed by atoms with Crippen molar-refractivity contribution < 1.29 is 59.4 Å². The molecule has 0 aromatic carbocycles. The van der Waals surface area contributed by atoms with Crippen LogP contribution in [0.1, 0.15) is 349 Å². The van der Waals surface area contributed by atoms with Crippen LogP contribution in [-0.4, -0.2) is 80.9 Å². The fourth-order valence-electron chi connectivity index (χ4n) is 9.17. The van der Waals surface area contributed by atoms with E-state index in [1.807, 2.05) is 0 Å². The molecular weight excluding hydrogens is 1320 g/mol. The summed E-state index contributed by atoms with van der Waals surface area (Å²) in [6.45, 7) is 11.2. The van der Waals surface area contributed by atoms with Crippen molar-refractivity contribution in [3.05, 3.63) is 71.4 Å². The predicted molar refractivity (Wildman–Crippen MR) is 357 cm³/mol. The fourth-order valence-corrected chi connectivity index (χ4v) is 11.2. The summed E-state index contributed by atoms with van der Waals surface area (Å²) < 4.78 is 2.87. The van der Waals surface area contributed by atoms with E-state index in [0.29, 0.717) is 37.5 Å². The molecule has 12 nitrogen and oxygen atoms in total. The fraction of sp³-hybridized carbons (Fsp3) is 0.757. The molecule has 0 aliphatic heterocycles. The van der Waals surface area contributed by atoms with Gasteiger partial charge in [-0.3, -0.25) is 0 Å². The van der Waals surface area contributed by atoms with E-state index in [1.54, 1.807) is 45.0 Å². The van der Waals surface area contributed by atoms with Gasteiger partial charge in [0.1, 0.15) is 0 Å². The number of carbonyl (C=O) groups is 6. The first-order valence-corrected chi connectivity index (χ1v) is 39.2. The molecular formula is C74H126O12Sn2. The van der Waals surface area contributed by atoms with Crippen molar-refractivity contribution in [2.75, 3.05) is 0 Å². The summed E-state index contributed by atoms with van der Waals surface area (Å²) in [7, 11) is 0. The molecule has 0 aliphatic rings. The van der Waals surface area contributed by atoms with Gasteiger partial charge in [0.25, 0.3) is 0 Å². The zero-order valence-electron chi connectivity index (χ0n) is 56.7. The first-order chi connectivity index (χ1) is 42.6. The Morgan fingerprint density at radius 3 is 0.534 bits per heavy atom. The quantitative estimate of drug-likeness (QED) is 0.0239. The Hall–Kier alpha value is -3.14. The van der Waals surface area contributed by atoms with Gasteiger partial charge < -0.3 is 59.4 Å². The molecule has 0 unspecified atom stereocenters. The summed E-state index contributed by atoms with van der Waals surface area (Å²) in [5.41, 5.74) is -0.540. The van der Waals surface area contributed by atoms with Gasteiger partial charge in [0.05, 0.1) is 35.8 Å². The van der Waals surface area contributed by atoms with Gasteiger partial charge in [-0.15, -0.1) is 0 Å². The van der Waals surface area contributed by atoms with Crippen molar-refractivity contribution in [3.8, 4) is 0 Å². The molecule has 14 heteroatoms. The van der Waals surface area contributed by atoms with E-state index in [4.69, 9.17) is 0 Å². The van der Waals surface area contributed by atoms with E-state index in [2.05, 4.69) is 71.1 Å². The van der Waals surface area contributed by atoms with Crippen molar-refractivity contribution in [2.45, 2.75) is 358 Å². The zero-order chi connectivity index (χ0) is 66.6. The van der Waals surface area contributed by atoms with Crippen LogP contribution < -0.4 is 30.6 Å². The number of hydrogen-bond donors (Lipinski definition) is 0. The van der Waals surface area contributed by atoms with Crippen LogP contribution in [0.4, 0.5) is 0 Å². The second kappa shape index (κ2) is 81.9. The van der Waals surface area contributed by atoms with Gasteiger partial charge in [-0.2, -0.15) is 0 Å². The Labute approximate surface area is 565 Å². The molecule has 0 saturated carbocycles. The SMILES string of the molecule is CCCCCCCC/C=C\CCCCCCCC/C(=C/C(=O)[O-])C(=O)[O-].CCCCCCCC/C=C\CCCCCCCC/C(=C/C(=O)[O-])C(=O)[O-].CCCCCCCC/C=C\CCCCCCCC/C(=C/C(=O)[O-])C(=O)[O-].CCC[CH2][Sn+3].CCC[CH2][Sn+3]. The average molecular weight is 1450 g/mol. The molecule has 0 heterocycles. The predicted octanol–water partition coefficient (Wildman–Crippen LogP) is 14.3. The Balaban J connectivity index is -0.000000361. The van der Waals surface area contributed by atoms with Crippen molar-refractivity contribution in [1.29, 1.82) is 0 Å². The molecule has 0 spiro atoms. The third-order valence-electron chi connectivity index (χ3n) is 14.6. The van der Waals surface area contributed by atoms with Gasteiger partial charge >= 0.3 is 93.5 Å². The van der Waals surface area contributed by atoms with Gasteiger partial charge in [-0.05, 0) is 151 Å². The summed E-state index contributed by atoms with van der Waals surface area (Å²) in [4.78, 5) is 63.5. The van der Waals surface area contributed by atoms with Crippen molar-refractivity contribution in [2.24, 2.45) is 0 Å². The van der Waals surface area contributed by atoms with Crippen molar-refractivity contribution >= 4 is 80.9 Å². The second-order valence-corrected chi connectivity index (χ2v) is 26.0. The Kier molecular flexibility index (Phi) is 87.1. The number of unbranched alkanes of at least 4 members (excludes halogenated alkanes) is 38. The van der Waals surface area contributed by atoms with E-state index < -0.39 is 35.8 Å². The third kappa shape index (κ3) is 89.3. The number of allylic oxidation sites excluding steroid dienone is 6. The number of hydrogen-bond acceptors (Lipinski definition) is 12. The topological polar surface area (TPSA) is 241 Å². The molecule has 0 aromatic heterocycles. The molecule has 0 N–H and O–H groups in total. The van der Waals surface area contributed by atoms with Gasteiger partial charge in [-0.25, -0.2) is 0 Å². The number of carboxylic acids is 6. The van der Waals surface area contributed by atoms with Crippen LogP contribution in [0.3, 0.4) is 0 Å². The Morgan fingerprint density at radius 1 is 0.239 bits per heavy atom. The minimum absolute atomic E-state index is 0.180. The summed E-state index contributed by atoms with van der Waals surface area (Å²) >= 11 is 3.37. The van der Waals surface area contributed by atoms with E-state index in [-0.39, 0.29) is 36.0 Å². The number of rotatable bonds is 58. The van der Waals surface area contributed by atoms with Gasteiger partial charge in [0, 0.05) is 0 Å². The van der Waals surface area contributed by atoms with E-state index >= 15 is 0 Å². The monoisotopic (exact) mass is 1450 g/mol. The van der Waals surface area contributed by atoms with Crippen LogP contribution in [-0.2, 0) is 28.8 Å². The van der Waals surface area contributed by atoms with Gasteiger partial charge in [0.15, 0.2) is 0 Å². The zero-order valence-corrected chi connectivity index (χ0v) is 62.4. The van der Waals surface area contributed by atoms with Crippen LogP contribution in [0.2, 0.25) is 8.87 Å². The molecule has 0 atom stereocenters. The van der Waals surface area contributed by atoms with Gasteiger partial charge in [-0.1, -0.05) is 231 Å². The number of carboxylic acid groups (broad SMARTS) is 6. The third-order valence-corrected chi connectivity index (χ3v) is 16.6. The van der Waals surface area contributed by atoms with Crippen LogP contribution >= 0.6 is 0 Å². The molecule has 88 heavy (non-hydrogen) atoms. The Morgan fingerprint density at radius 2 is 0.398 bits per heavy atom. The molecule has 0 fully saturated rings. The number of aliphatic carboxylic acids is 6. The summed E-state index contributed by atoms with van der Waals surface area (Å²) in [5, 5.41) is 63.5. The molecule has 0 aliphatic carbocycles. The maximum absolute atomic E-state index is 10.7. The minimum atomic E-state index is -1.48. The number of carbonyl (C=O) groups excluding carboxylic acids is 6. The molecule has 502 valence electrons. The maximum atomic E-state index is 10.7. The molecule has 0 radical (unpaired) electrons. The molecule has 0 bridgehead atoms. The molecule has 0 rings (SSSR count). The van der Waals surface area contributed by atoms with Crippen LogP contribution in [0.5, 0.6) is 0 Å². The van der Waals surface area contributed by atoms with Crippen LogP contribution in [0, 0.1) is 0 Å². The molecule has 0 saturated heterocycles. The van der Waals surface area contributed by atoms with E-state index in [9.17, 15) is 59.4 Å². The normalized spacial score (nSPS) is 11.6. The average Bonchev–Trinajstić information content (AvgIpc) is 3.53. The summed E-state index contributed by atoms with van der Waals surface area (Å²) in [6, 6.07) is 0. The van der Waals surface area contributed by atoms with Crippen molar-refractivity contribution in [3.63, 3.8) is 0 Å². The standard InChI is InChI=1S/3C22H38O4.2C4H9.2Sn/c3*1-2-3-4-5-6-7-8-9-10-11-12-13-14-15-16-17-18-20(22(25)26)19-21(23)24;2*1-3-4-2;;/h3*9-10,19H,2-8,11-18H2,1H3,(H,23,24)(H,25,26);2*1,3-4H2,2H3;;/q;;;;;2*+3/p-6/b3*10-9-,20-19-;;;;.